The van der Waals surface area contributed by atoms with Gasteiger partial charge in [0.05, 0.1) is 19.8 Å². The van der Waals surface area contributed by atoms with Gasteiger partial charge in [0.15, 0.2) is 18.7 Å². The maximum atomic E-state index is 12.9. The van der Waals surface area contributed by atoms with Crippen LogP contribution in [0.4, 0.5) is 0 Å². The van der Waals surface area contributed by atoms with Crippen molar-refractivity contribution in [3.05, 3.63) is 60.8 Å². The monoisotopic (exact) mass is 939 g/mol. The van der Waals surface area contributed by atoms with Gasteiger partial charge in [-0.25, -0.2) is 0 Å². The minimum absolute atomic E-state index is 0.0464. The van der Waals surface area contributed by atoms with Crippen LogP contribution in [0.5, 0.6) is 0 Å². The van der Waals surface area contributed by atoms with Crippen molar-refractivity contribution in [3.8, 4) is 0 Å². The van der Waals surface area contributed by atoms with Gasteiger partial charge in [-0.3, -0.25) is 9.59 Å². The summed E-state index contributed by atoms with van der Waals surface area (Å²) in [5.74, 6) is -1.07. The molecule has 7 N–H and O–H groups in total. The van der Waals surface area contributed by atoms with Crippen LogP contribution in [-0.2, 0) is 38.0 Å². The number of carbonyl (C=O) groups is 2. The van der Waals surface area contributed by atoms with Crippen molar-refractivity contribution in [1.29, 1.82) is 0 Å². The Morgan fingerprint density at radius 3 is 1.48 bits per heavy atom. The van der Waals surface area contributed by atoms with E-state index in [4.69, 9.17) is 28.4 Å². The van der Waals surface area contributed by atoms with Crippen molar-refractivity contribution in [2.75, 3.05) is 26.4 Å². The minimum Gasteiger partial charge on any atom is -0.462 e. The molecule has 2 aliphatic heterocycles. The Hall–Kier alpha value is -2.80. The summed E-state index contributed by atoms with van der Waals surface area (Å²) < 4.78 is 33.4. The van der Waals surface area contributed by atoms with Crippen molar-refractivity contribution >= 4 is 11.9 Å². The second-order valence-electron chi connectivity index (χ2n) is 17.3. The number of aliphatic hydroxyl groups is 7. The quantitative estimate of drug-likeness (QED) is 0.0201. The summed E-state index contributed by atoms with van der Waals surface area (Å²) in [5, 5.41) is 72.0. The molecule has 0 aromatic heterocycles. The van der Waals surface area contributed by atoms with Crippen molar-refractivity contribution in [1.82, 2.24) is 0 Å². The number of allylic oxidation sites excluding steroid dienone is 10. The van der Waals surface area contributed by atoms with Crippen LogP contribution in [0.25, 0.3) is 0 Å². The van der Waals surface area contributed by atoms with E-state index < -0.39 is 99.3 Å². The van der Waals surface area contributed by atoms with Gasteiger partial charge in [0.1, 0.15) is 55.4 Å². The van der Waals surface area contributed by atoms with Crippen LogP contribution in [0.2, 0.25) is 0 Å². The van der Waals surface area contributed by atoms with Gasteiger partial charge in [0, 0.05) is 12.8 Å². The van der Waals surface area contributed by atoms with E-state index in [1.807, 2.05) is 18.2 Å². The van der Waals surface area contributed by atoms with E-state index in [1.54, 1.807) is 0 Å². The van der Waals surface area contributed by atoms with Crippen molar-refractivity contribution in [2.24, 2.45) is 0 Å². The fourth-order valence-corrected chi connectivity index (χ4v) is 7.34. The number of ether oxygens (including phenoxy) is 6. The van der Waals surface area contributed by atoms with Gasteiger partial charge in [-0.1, -0.05) is 139 Å². The van der Waals surface area contributed by atoms with Gasteiger partial charge < -0.3 is 64.2 Å². The Morgan fingerprint density at radius 1 is 0.485 bits per heavy atom. The first-order valence-corrected chi connectivity index (χ1v) is 24.9. The Bertz CT molecular complexity index is 1380. The Morgan fingerprint density at radius 2 is 0.939 bits per heavy atom. The summed E-state index contributed by atoms with van der Waals surface area (Å²) in [4.78, 5) is 25.6. The number of hydrogen-bond acceptors (Lipinski definition) is 15. The van der Waals surface area contributed by atoms with Gasteiger partial charge in [0.2, 0.25) is 0 Å². The number of aliphatic hydroxyl groups excluding tert-OH is 7. The van der Waals surface area contributed by atoms with Crippen LogP contribution < -0.4 is 0 Å². The summed E-state index contributed by atoms with van der Waals surface area (Å²) >= 11 is 0. The number of rotatable bonds is 37. The van der Waals surface area contributed by atoms with Gasteiger partial charge >= 0.3 is 11.9 Å². The molecule has 2 fully saturated rings. The molecule has 2 saturated heterocycles. The summed E-state index contributed by atoms with van der Waals surface area (Å²) in [6.45, 7) is 2.44. The highest BCUT2D eigenvalue weighted by Gasteiger charge is 2.47. The molecule has 2 aliphatic rings. The molecule has 0 aromatic carbocycles. The molecule has 15 nitrogen and oxygen atoms in total. The van der Waals surface area contributed by atoms with E-state index >= 15 is 0 Å². The number of unbranched alkanes of at least 4 members (excludes halogenated alkanes) is 13. The Labute approximate surface area is 394 Å². The van der Waals surface area contributed by atoms with E-state index in [0.717, 1.165) is 32.1 Å². The van der Waals surface area contributed by atoms with Crippen LogP contribution in [0.15, 0.2) is 60.8 Å². The SMILES string of the molecule is CCCCCCCC/C=C/C/C=C/C/C=C/CCCC(=O)OCC(CO[C@@H]1O[C@H](CO[C@@H]2O[C@H](CO)[C@H](O)C(O)C2O)[C@H](O)C(O)C1O)OC(=O)CC/C=C/C/C=C/CCCCCCCC. The molecule has 0 amide bonds. The second-order valence-corrected chi connectivity index (χ2v) is 17.3. The highest BCUT2D eigenvalue weighted by atomic mass is 16.7. The Balaban J connectivity index is 1.87. The molecule has 0 aromatic rings. The maximum absolute atomic E-state index is 12.9. The lowest BCUT2D eigenvalue weighted by Gasteiger charge is -2.42. The molecule has 15 heteroatoms. The predicted octanol–water partition coefficient (Wildman–Crippen LogP) is 6.49. The molecule has 66 heavy (non-hydrogen) atoms. The van der Waals surface area contributed by atoms with E-state index in [2.05, 4.69) is 56.4 Å². The molecule has 2 heterocycles. The topological polar surface area (TPSA) is 231 Å². The standard InChI is InChI=1S/C51H86O15/c1-3-5-7-9-11-13-15-17-18-19-20-22-23-25-27-29-31-33-42(53)61-36-39(64-43(54)34-32-30-28-26-24-21-16-14-12-10-8-6-4-2)37-62-50-49(60)47(58)45(56)41(66-50)38-63-51-48(59)46(57)44(55)40(35-52)65-51/h17-18,20-22,24-25,27-28,30,39-41,44-52,55-60H,3-16,19,23,26,29,31-38H2,1-2H3/b18-17+,22-20+,24-21+,27-25+,30-28+/t39?,40-,41-,44+,45+,46?,47?,48?,49?,50-,51-/m1/s1. The molecule has 0 aliphatic carbocycles. The van der Waals surface area contributed by atoms with Crippen LogP contribution in [-0.4, -0.2) is 142 Å². The summed E-state index contributed by atoms with van der Waals surface area (Å²) in [6.07, 6.45) is 25.7. The van der Waals surface area contributed by atoms with Crippen LogP contribution in [0, 0.1) is 0 Å². The molecular weight excluding hydrogens is 853 g/mol. The first kappa shape index (κ1) is 59.3. The summed E-state index contributed by atoms with van der Waals surface area (Å²) in [5.41, 5.74) is 0. The number of carbonyl (C=O) groups excluding carboxylic acids is 2. The van der Waals surface area contributed by atoms with Gasteiger partial charge in [0.25, 0.3) is 0 Å². The highest BCUT2D eigenvalue weighted by Crippen LogP contribution is 2.26. The minimum atomic E-state index is -1.78. The molecule has 0 saturated carbocycles. The predicted molar refractivity (Wildman–Crippen MR) is 252 cm³/mol. The van der Waals surface area contributed by atoms with Crippen molar-refractivity contribution in [2.45, 2.75) is 223 Å². The third-order valence-corrected chi connectivity index (χ3v) is 11.5. The smallest absolute Gasteiger partial charge is 0.306 e. The van der Waals surface area contributed by atoms with Gasteiger partial charge in [-0.2, -0.15) is 0 Å². The second kappa shape index (κ2) is 38.1. The van der Waals surface area contributed by atoms with E-state index in [9.17, 15) is 45.3 Å². The van der Waals surface area contributed by atoms with Crippen LogP contribution in [0.1, 0.15) is 155 Å². The summed E-state index contributed by atoms with van der Waals surface area (Å²) in [7, 11) is 0. The van der Waals surface area contributed by atoms with Gasteiger partial charge in [-0.15, -0.1) is 0 Å². The average molecular weight is 939 g/mol. The van der Waals surface area contributed by atoms with E-state index in [1.165, 1.54) is 77.0 Å². The highest BCUT2D eigenvalue weighted by molar-refractivity contribution is 5.70. The molecule has 0 spiro atoms. The average Bonchev–Trinajstić information content (AvgIpc) is 3.31. The van der Waals surface area contributed by atoms with Gasteiger partial charge in [-0.05, 0) is 64.2 Å². The largest absolute Gasteiger partial charge is 0.462 e. The zero-order valence-electron chi connectivity index (χ0n) is 39.9. The summed E-state index contributed by atoms with van der Waals surface area (Å²) in [6, 6.07) is 0. The third kappa shape index (κ3) is 26.1. The van der Waals surface area contributed by atoms with Crippen LogP contribution in [0.3, 0.4) is 0 Å². The van der Waals surface area contributed by atoms with Crippen LogP contribution >= 0.6 is 0 Å². The fourth-order valence-electron chi connectivity index (χ4n) is 7.34. The molecule has 2 rings (SSSR count). The zero-order chi connectivity index (χ0) is 48.2. The van der Waals surface area contributed by atoms with E-state index in [-0.39, 0.29) is 19.4 Å². The molecule has 5 unspecified atom stereocenters. The molecule has 0 bridgehead atoms. The molecule has 11 atom stereocenters. The lowest BCUT2D eigenvalue weighted by atomic mass is 9.98. The van der Waals surface area contributed by atoms with E-state index in [0.29, 0.717) is 19.3 Å². The lowest BCUT2D eigenvalue weighted by Crippen LogP contribution is -2.61. The molecule has 0 radical (unpaired) electrons. The third-order valence-electron chi connectivity index (χ3n) is 11.5. The number of hydrogen-bond donors (Lipinski definition) is 7. The molecular formula is C51H86O15. The normalized spacial score (nSPS) is 26.7. The number of esters is 2. The maximum Gasteiger partial charge on any atom is 0.306 e. The Kier molecular flexibility index (Phi) is 34.2. The first-order valence-electron chi connectivity index (χ1n) is 24.9. The molecule has 380 valence electrons. The van der Waals surface area contributed by atoms with Crippen molar-refractivity contribution in [3.63, 3.8) is 0 Å². The fraction of sp³-hybridized carbons (Fsp3) is 0.765. The first-order chi connectivity index (χ1) is 32.0. The zero-order valence-corrected chi connectivity index (χ0v) is 39.9. The lowest BCUT2D eigenvalue weighted by molar-refractivity contribution is -0.332. The van der Waals surface area contributed by atoms with Crippen molar-refractivity contribution < 1.29 is 73.8 Å².